The van der Waals surface area contributed by atoms with Crippen molar-refractivity contribution >= 4 is 5.78 Å². The van der Waals surface area contributed by atoms with Gasteiger partial charge in [-0.3, -0.25) is 9.78 Å². The number of aromatic nitrogens is 1. The highest BCUT2D eigenvalue weighted by atomic mass is 16.1. The Hall–Kier alpha value is -1.18. The number of nitrogens with zero attached hydrogens (tertiary/aromatic N) is 1. The first-order chi connectivity index (χ1) is 8.18. The summed E-state index contributed by atoms with van der Waals surface area (Å²) in [4.78, 5) is 16.7. The molecule has 0 aromatic carbocycles. The molecule has 17 heavy (non-hydrogen) atoms. The Morgan fingerprint density at radius 2 is 2.00 bits per heavy atom. The fourth-order valence-corrected chi connectivity index (χ4v) is 2.68. The molecule has 0 spiro atoms. The molecule has 1 fully saturated rings. The van der Waals surface area contributed by atoms with Gasteiger partial charge in [-0.2, -0.15) is 0 Å². The molecule has 1 atom stereocenters. The zero-order chi connectivity index (χ0) is 12.3. The minimum Gasteiger partial charge on any atom is -0.299 e. The minimum absolute atomic E-state index is 0.0467. The predicted octanol–water partition coefficient (Wildman–Crippen LogP) is 3.58. The summed E-state index contributed by atoms with van der Waals surface area (Å²) in [6.45, 7) is 4.27. The van der Waals surface area contributed by atoms with Gasteiger partial charge in [0.2, 0.25) is 0 Å². The molecule has 1 aromatic heterocycles. The number of carbonyl (C=O) groups excluding carboxylic acids is 1. The zero-order valence-corrected chi connectivity index (χ0v) is 10.7. The lowest BCUT2D eigenvalue weighted by Gasteiger charge is -2.26. The van der Waals surface area contributed by atoms with E-state index >= 15 is 0 Å². The van der Waals surface area contributed by atoms with Crippen molar-refractivity contribution in [1.82, 2.24) is 4.98 Å². The van der Waals surface area contributed by atoms with Crippen LogP contribution in [0.15, 0.2) is 24.4 Å². The Labute approximate surface area is 103 Å². The van der Waals surface area contributed by atoms with Crippen molar-refractivity contribution in [2.45, 2.75) is 45.4 Å². The quantitative estimate of drug-likeness (QED) is 0.796. The van der Waals surface area contributed by atoms with Crippen LogP contribution in [-0.2, 0) is 4.79 Å². The van der Waals surface area contributed by atoms with Crippen molar-refractivity contribution in [1.29, 1.82) is 0 Å². The van der Waals surface area contributed by atoms with Gasteiger partial charge in [-0.25, -0.2) is 0 Å². The maximum absolute atomic E-state index is 12.4. The fraction of sp³-hybridized carbons (Fsp3) is 0.600. The molecular formula is C15H21NO. The lowest BCUT2D eigenvalue weighted by Crippen LogP contribution is -2.25. The third-order valence-electron chi connectivity index (χ3n) is 3.98. The molecule has 2 nitrogen and oxygen atoms in total. The molecule has 0 amide bonds. The minimum atomic E-state index is -0.0467. The summed E-state index contributed by atoms with van der Waals surface area (Å²) in [5.41, 5.74) is 0.913. The number of pyridine rings is 1. The van der Waals surface area contributed by atoms with Gasteiger partial charge in [0.1, 0.15) is 5.78 Å². The maximum Gasteiger partial charge on any atom is 0.144 e. The average Bonchev–Trinajstić information content (AvgIpc) is 2.39. The van der Waals surface area contributed by atoms with Gasteiger partial charge in [-0.05, 0) is 37.8 Å². The molecule has 0 radical (unpaired) electrons. The van der Waals surface area contributed by atoms with E-state index in [9.17, 15) is 4.79 Å². The standard InChI is InChI=1S/C15H21NO/c1-11-6-8-13(9-7-11)15(17)12(2)14-5-3-4-10-16-14/h3-5,10-13H,6-9H2,1-2H3. The molecule has 0 bridgehead atoms. The van der Waals surface area contributed by atoms with Gasteiger partial charge in [-0.15, -0.1) is 0 Å². The summed E-state index contributed by atoms with van der Waals surface area (Å²) < 4.78 is 0. The second-order valence-corrected chi connectivity index (χ2v) is 5.34. The smallest absolute Gasteiger partial charge is 0.144 e. The summed E-state index contributed by atoms with van der Waals surface area (Å²) >= 11 is 0. The first-order valence-corrected chi connectivity index (χ1v) is 6.63. The van der Waals surface area contributed by atoms with Gasteiger partial charge in [0.15, 0.2) is 0 Å². The molecule has 1 aromatic rings. The highest BCUT2D eigenvalue weighted by Crippen LogP contribution is 2.32. The highest BCUT2D eigenvalue weighted by molar-refractivity contribution is 5.87. The third-order valence-corrected chi connectivity index (χ3v) is 3.98. The van der Waals surface area contributed by atoms with Gasteiger partial charge < -0.3 is 0 Å². The molecule has 1 aliphatic rings. The van der Waals surface area contributed by atoms with Crippen LogP contribution in [0.4, 0.5) is 0 Å². The SMILES string of the molecule is CC1CCC(C(=O)C(C)c2ccccn2)CC1. The normalized spacial score (nSPS) is 26.5. The van der Waals surface area contributed by atoms with Crippen molar-refractivity contribution in [2.24, 2.45) is 11.8 Å². The Morgan fingerprint density at radius 3 is 2.59 bits per heavy atom. The molecule has 92 valence electrons. The number of ketones is 1. The summed E-state index contributed by atoms with van der Waals surface area (Å²) in [7, 11) is 0. The monoisotopic (exact) mass is 231 g/mol. The first-order valence-electron chi connectivity index (χ1n) is 6.63. The van der Waals surface area contributed by atoms with Gasteiger partial charge >= 0.3 is 0 Å². The molecule has 1 unspecified atom stereocenters. The van der Waals surface area contributed by atoms with E-state index in [0.29, 0.717) is 5.78 Å². The van der Waals surface area contributed by atoms with E-state index in [1.807, 2.05) is 25.1 Å². The summed E-state index contributed by atoms with van der Waals surface area (Å²) in [5.74, 6) is 1.40. The van der Waals surface area contributed by atoms with Crippen molar-refractivity contribution in [3.63, 3.8) is 0 Å². The van der Waals surface area contributed by atoms with Gasteiger partial charge in [0.25, 0.3) is 0 Å². The molecule has 0 saturated heterocycles. The van der Waals surface area contributed by atoms with Crippen molar-refractivity contribution < 1.29 is 4.79 Å². The lowest BCUT2D eigenvalue weighted by molar-refractivity contribution is -0.125. The van der Waals surface area contributed by atoms with Crippen LogP contribution < -0.4 is 0 Å². The van der Waals surface area contributed by atoms with Crippen LogP contribution >= 0.6 is 0 Å². The maximum atomic E-state index is 12.4. The van der Waals surface area contributed by atoms with Gasteiger partial charge in [0.05, 0.1) is 11.6 Å². The van der Waals surface area contributed by atoms with E-state index in [1.54, 1.807) is 6.20 Å². The van der Waals surface area contributed by atoms with E-state index in [2.05, 4.69) is 11.9 Å². The van der Waals surface area contributed by atoms with Crippen molar-refractivity contribution in [3.05, 3.63) is 30.1 Å². The summed E-state index contributed by atoms with van der Waals surface area (Å²) in [6.07, 6.45) is 6.30. The van der Waals surface area contributed by atoms with Crippen LogP contribution in [0.2, 0.25) is 0 Å². The van der Waals surface area contributed by atoms with E-state index in [4.69, 9.17) is 0 Å². The number of rotatable bonds is 3. The fourth-order valence-electron chi connectivity index (χ4n) is 2.68. The largest absolute Gasteiger partial charge is 0.299 e. The molecule has 0 N–H and O–H groups in total. The molecule has 0 aliphatic heterocycles. The number of hydrogen-bond acceptors (Lipinski definition) is 2. The van der Waals surface area contributed by atoms with Crippen LogP contribution in [0.1, 0.15) is 51.1 Å². The number of hydrogen-bond donors (Lipinski definition) is 0. The molecule has 2 rings (SSSR count). The first kappa shape index (κ1) is 12.3. The van der Waals surface area contributed by atoms with E-state index in [-0.39, 0.29) is 11.8 Å². The number of Topliss-reactive ketones (excluding diaryl/α,β-unsaturated/α-hetero) is 1. The van der Waals surface area contributed by atoms with Gasteiger partial charge in [-0.1, -0.05) is 25.8 Å². The van der Waals surface area contributed by atoms with E-state index < -0.39 is 0 Å². The molecular weight excluding hydrogens is 210 g/mol. The average molecular weight is 231 g/mol. The summed E-state index contributed by atoms with van der Waals surface area (Å²) in [5, 5.41) is 0. The van der Waals surface area contributed by atoms with Crippen LogP contribution in [0.25, 0.3) is 0 Å². The van der Waals surface area contributed by atoms with Crippen LogP contribution in [-0.4, -0.2) is 10.8 Å². The van der Waals surface area contributed by atoms with Crippen LogP contribution in [0.5, 0.6) is 0 Å². The Kier molecular flexibility index (Phi) is 3.93. The van der Waals surface area contributed by atoms with Crippen molar-refractivity contribution in [2.75, 3.05) is 0 Å². The topological polar surface area (TPSA) is 30.0 Å². The third kappa shape index (κ3) is 2.93. The number of carbonyl (C=O) groups is 1. The predicted molar refractivity (Wildman–Crippen MR) is 68.8 cm³/mol. The van der Waals surface area contributed by atoms with E-state index in [0.717, 1.165) is 24.5 Å². The molecule has 2 heteroatoms. The lowest BCUT2D eigenvalue weighted by atomic mass is 9.77. The van der Waals surface area contributed by atoms with Crippen LogP contribution in [0.3, 0.4) is 0 Å². The second kappa shape index (κ2) is 5.44. The Bertz CT molecular complexity index is 366. The molecule has 1 aliphatic carbocycles. The Balaban J connectivity index is 2.00. The van der Waals surface area contributed by atoms with E-state index in [1.165, 1.54) is 12.8 Å². The van der Waals surface area contributed by atoms with Crippen molar-refractivity contribution in [3.8, 4) is 0 Å². The molecule has 1 saturated carbocycles. The van der Waals surface area contributed by atoms with Gasteiger partial charge in [0, 0.05) is 12.1 Å². The zero-order valence-electron chi connectivity index (χ0n) is 10.7. The van der Waals surface area contributed by atoms with Crippen LogP contribution in [0, 0.1) is 11.8 Å². The Morgan fingerprint density at radius 1 is 1.29 bits per heavy atom. The highest BCUT2D eigenvalue weighted by Gasteiger charge is 2.28. The second-order valence-electron chi connectivity index (χ2n) is 5.34. The molecule has 1 heterocycles. The summed E-state index contributed by atoms with van der Waals surface area (Å²) in [6, 6.07) is 5.80.